The minimum absolute atomic E-state index is 0.483. The van der Waals surface area contributed by atoms with Gasteiger partial charge in [-0.15, -0.1) is 0 Å². The zero-order valence-corrected chi connectivity index (χ0v) is 8.24. The standard InChI is InChI=1S/C11H16N2O/c14-11(5-8-13-9-11)4-1-10-2-6-12-7-3-10/h2-3,6-7,13-14H,1,4-5,8-9H2. The predicted molar refractivity (Wildman–Crippen MR) is 55.0 cm³/mol. The molecular weight excluding hydrogens is 176 g/mol. The Balaban J connectivity index is 1.88. The minimum Gasteiger partial charge on any atom is -0.389 e. The Labute approximate surface area is 84.2 Å². The first-order valence-electron chi connectivity index (χ1n) is 5.11. The van der Waals surface area contributed by atoms with E-state index in [0.717, 1.165) is 32.4 Å². The van der Waals surface area contributed by atoms with Crippen molar-refractivity contribution in [2.24, 2.45) is 0 Å². The summed E-state index contributed by atoms with van der Waals surface area (Å²) in [4.78, 5) is 3.97. The molecule has 1 unspecified atom stereocenters. The topological polar surface area (TPSA) is 45.2 Å². The van der Waals surface area contributed by atoms with Crippen LogP contribution in [0.1, 0.15) is 18.4 Å². The molecule has 2 heterocycles. The second-order valence-corrected chi connectivity index (χ2v) is 4.01. The highest BCUT2D eigenvalue weighted by Crippen LogP contribution is 2.20. The lowest BCUT2D eigenvalue weighted by atomic mass is 9.94. The highest BCUT2D eigenvalue weighted by molar-refractivity contribution is 5.10. The van der Waals surface area contributed by atoms with Crippen molar-refractivity contribution in [1.29, 1.82) is 0 Å². The molecule has 0 saturated carbocycles. The molecule has 2 N–H and O–H groups in total. The van der Waals surface area contributed by atoms with E-state index in [1.165, 1.54) is 5.56 Å². The SMILES string of the molecule is OC1(CCc2ccncc2)CCNC1. The van der Waals surface area contributed by atoms with Crippen LogP contribution in [-0.4, -0.2) is 28.8 Å². The van der Waals surface area contributed by atoms with Gasteiger partial charge >= 0.3 is 0 Å². The lowest BCUT2D eigenvalue weighted by molar-refractivity contribution is 0.0526. The highest BCUT2D eigenvalue weighted by atomic mass is 16.3. The molecule has 0 spiro atoms. The molecule has 0 aromatic carbocycles. The van der Waals surface area contributed by atoms with Crippen molar-refractivity contribution in [2.45, 2.75) is 24.9 Å². The molecule has 0 amide bonds. The van der Waals surface area contributed by atoms with Crippen LogP contribution in [0.5, 0.6) is 0 Å². The molecule has 14 heavy (non-hydrogen) atoms. The Morgan fingerprint density at radius 3 is 2.86 bits per heavy atom. The summed E-state index contributed by atoms with van der Waals surface area (Å²) in [5.74, 6) is 0. The van der Waals surface area contributed by atoms with Crippen LogP contribution in [0.15, 0.2) is 24.5 Å². The molecule has 1 aromatic heterocycles. The number of β-amino-alcohol motifs (C(OH)–C–C–N with tert-alkyl or cyclic N) is 1. The van der Waals surface area contributed by atoms with Crippen LogP contribution >= 0.6 is 0 Å². The largest absolute Gasteiger partial charge is 0.389 e. The number of pyridine rings is 1. The minimum atomic E-state index is -0.483. The van der Waals surface area contributed by atoms with Gasteiger partial charge in [-0.3, -0.25) is 4.98 Å². The molecule has 1 aliphatic heterocycles. The molecule has 0 bridgehead atoms. The summed E-state index contributed by atoms with van der Waals surface area (Å²) in [5, 5.41) is 13.3. The van der Waals surface area contributed by atoms with Crippen LogP contribution in [0.3, 0.4) is 0 Å². The van der Waals surface area contributed by atoms with Gasteiger partial charge in [0, 0.05) is 18.9 Å². The number of rotatable bonds is 3. The molecule has 1 aliphatic rings. The number of aliphatic hydroxyl groups is 1. The molecular formula is C11H16N2O. The molecule has 0 aliphatic carbocycles. The molecule has 1 aromatic rings. The van der Waals surface area contributed by atoms with Crippen molar-refractivity contribution >= 4 is 0 Å². The summed E-state index contributed by atoms with van der Waals surface area (Å²) in [6, 6.07) is 4.01. The number of nitrogens with one attached hydrogen (secondary N) is 1. The van der Waals surface area contributed by atoms with Gasteiger partial charge in [-0.05, 0) is 43.5 Å². The first kappa shape index (κ1) is 9.62. The molecule has 2 rings (SSSR count). The summed E-state index contributed by atoms with van der Waals surface area (Å²) in [6.45, 7) is 1.67. The summed E-state index contributed by atoms with van der Waals surface area (Å²) in [7, 11) is 0. The highest BCUT2D eigenvalue weighted by Gasteiger charge is 2.30. The summed E-state index contributed by atoms with van der Waals surface area (Å²) in [6.07, 6.45) is 6.24. The van der Waals surface area contributed by atoms with Crippen LogP contribution < -0.4 is 5.32 Å². The Hall–Kier alpha value is -0.930. The molecule has 0 radical (unpaired) electrons. The van der Waals surface area contributed by atoms with Gasteiger partial charge in [0.2, 0.25) is 0 Å². The normalized spacial score (nSPS) is 26.6. The Morgan fingerprint density at radius 1 is 1.43 bits per heavy atom. The predicted octanol–water partition coefficient (Wildman–Crippen LogP) is 0.739. The maximum Gasteiger partial charge on any atom is 0.0786 e. The number of hydrogen-bond acceptors (Lipinski definition) is 3. The van der Waals surface area contributed by atoms with Crippen molar-refractivity contribution in [3.05, 3.63) is 30.1 Å². The fourth-order valence-electron chi connectivity index (χ4n) is 1.87. The van der Waals surface area contributed by atoms with E-state index in [1.54, 1.807) is 12.4 Å². The van der Waals surface area contributed by atoms with Crippen molar-refractivity contribution in [3.63, 3.8) is 0 Å². The van der Waals surface area contributed by atoms with Gasteiger partial charge in [-0.25, -0.2) is 0 Å². The van der Waals surface area contributed by atoms with Crippen molar-refractivity contribution in [3.8, 4) is 0 Å². The Morgan fingerprint density at radius 2 is 2.21 bits per heavy atom. The van der Waals surface area contributed by atoms with Crippen molar-refractivity contribution in [2.75, 3.05) is 13.1 Å². The molecule has 1 fully saturated rings. The summed E-state index contributed by atoms with van der Waals surface area (Å²) >= 11 is 0. The second-order valence-electron chi connectivity index (χ2n) is 4.01. The molecule has 76 valence electrons. The third kappa shape index (κ3) is 2.30. The maximum absolute atomic E-state index is 10.1. The van der Waals surface area contributed by atoms with Crippen LogP contribution in [0, 0.1) is 0 Å². The van der Waals surface area contributed by atoms with E-state index in [0.29, 0.717) is 0 Å². The van der Waals surface area contributed by atoms with E-state index in [1.807, 2.05) is 12.1 Å². The fraction of sp³-hybridized carbons (Fsp3) is 0.545. The van der Waals surface area contributed by atoms with Gasteiger partial charge in [-0.2, -0.15) is 0 Å². The first-order chi connectivity index (χ1) is 6.79. The van der Waals surface area contributed by atoms with Gasteiger partial charge in [0.15, 0.2) is 0 Å². The van der Waals surface area contributed by atoms with E-state index < -0.39 is 5.60 Å². The van der Waals surface area contributed by atoms with Gasteiger partial charge in [0.1, 0.15) is 0 Å². The average molecular weight is 192 g/mol. The number of nitrogens with zero attached hydrogens (tertiary/aromatic N) is 1. The lowest BCUT2D eigenvalue weighted by Gasteiger charge is -2.20. The van der Waals surface area contributed by atoms with Crippen molar-refractivity contribution < 1.29 is 5.11 Å². The van der Waals surface area contributed by atoms with Gasteiger partial charge < -0.3 is 10.4 Å². The number of aromatic nitrogens is 1. The molecule has 3 heteroatoms. The Bertz CT molecular complexity index is 281. The Kier molecular flexibility index (Phi) is 2.79. The third-order valence-corrected chi connectivity index (χ3v) is 2.85. The van der Waals surface area contributed by atoms with E-state index in [4.69, 9.17) is 0 Å². The zero-order valence-electron chi connectivity index (χ0n) is 8.24. The van der Waals surface area contributed by atoms with Crippen LogP contribution in [0.4, 0.5) is 0 Å². The van der Waals surface area contributed by atoms with E-state index >= 15 is 0 Å². The van der Waals surface area contributed by atoms with Gasteiger partial charge in [0.05, 0.1) is 5.60 Å². The third-order valence-electron chi connectivity index (χ3n) is 2.85. The molecule has 1 saturated heterocycles. The number of aryl methyl sites for hydroxylation is 1. The summed E-state index contributed by atoms with van der Waals surface area (Å²) in [5.41, 5.74) is 0.767. The van der Waals surface area contributed by atoms with Crippen LogP contribution in [-0.2, 0) is 6.42 Å². The van der Waals surface area contributed by atoms with Gasteiger partial charge in [-0.1, -0.05) is 0 Å². The van der Waals surface area contributed by atoms with Gasteiger partial charge in [0.25, 0.3) is 0 Å². The van der Waals surface area contributed by atoms with E-state index in [-0.39, 0.29) is 0 Å². The van der Waals surface area contributed by atoms with E-state index in [2.05, 4.69) is 10.3 Å². The second kappa shape index (κ2) is 4.07. The van der Waals surface area contributed by atoms with Crippen LogP contribution in [0.2, 0.25) is 0 Å². The fourth-order valence-corrected chi connectivity index (χ4v) is 1.87. The number of hydrogen-bond donors (Lipinski definition) is 2. The maximum atomic E-state index is 10.1. The first-order valence-corrected chi connectivity index (χ1v) is 5.11. The average Bonchev–Trinajstić information content (AvgIpc) is 2.65. The molecule has 3 nitrogen and oxygen atoms in total. The van der Waals surface area contributed by atoms with Crippen molar-refractivity contribution in [1.82, 2.24) is 10.3 Å². The quantitative estimate of drug-likeness (QED) is 0.742. The monoisotopic (exact) mass is 192 g/mol. The van der Waals surface area contributed by atoms with Crippen LogP contribution in [0.25, 0.3) is 0 Å². The summed E-state index contributed by atoms with van der Waals surface area (Å²) < 4.78 is 0. The smallest absolute Gasteiger partial charge is 0.0786 e. The zero-order chi connectivity index (χ0) is 9.86. The van der Waals surface area contributed by atoms with E-state index in [9.17, 15) is 5.11 Å². The lowest BCUT2D eigenvalue weighted by Crippen LogP contribution is -2.31. The molecule has 1 atom stereocenters.